The molecule has 0 radical (unpaired) electrons. The van der Waals surface area contributed by atoms with E-state index in [1.54, 1.807) is 38.4 Å². The maximum Gasteiger partial charge on any atom is 0.209 e. The van der Waals surface area contributed by atoms with Crippen LogP contribution in [0, 0.1) is 0 Å². The molecule has 0 atom stereocenters. The topological polar surface area (TPSA) is 40.5 Å². The molecular formula is C9H13NO2. The summed E-state index contributed by atoms with van der Waals surface area (Å²) in [6, 6.07) is 8.71. The quantitative estimate of drug-likeness (QED) is 0.636. The zero-order valence-corrected chi connectivity index (χ0v) is 7.27. The van der Waals surface area contributed by atoms with Gasteiger partial charge in [-0.2, -0.15) is 0 Å². The van der Waals surface area contributed by atoms with Crippen molar-refractivity contribution in [3.63, 3.8) is 0 Å². The average Bonchev–Trinajstić information content (AvgIpc) is 2.07. The maximum atomic E-state index is 9.43. The lowest BCUT2D eigenvalue weighted by Crippen LogP contribution is -2.06. The van der Waals surface area contributed by atoms with Gasteiger partial charge in [-0.1, -0.05) is 18.2 Å². The molecule has 0 aliphatic rings. The smallest absolute Gasteiger partial charge is 0.209 e. The molecule has 12 heavy (non-hydrogen) atoms. The largest absolute Gasteiger partial charge is 0.508 e. The van der Waals surface area contributed by atoms with Crippen LogP contribution < -0.4 is 0 Å². The molecule has 0 saturated carbocycles. The van der Waals surface area contributed by atoms with Crippen molar-refractivity contribution in [3.8, 4) is 5.75 Å². The number of amides is 1. The molecule has 0 bridgehead atoms. The van der Waals surface area contributed by atoms with E-state index >= 15 is 0 Å². The molecular weight excluding hydrogens is 154 g/mol. The summed E-state index contributed by atoms with van der Waals surface area (Å²) in [5, 5.41) is 8.63. The number of rotatable bonds is 1. The summed E-state index contributed by atoms with van der Waals surface area (Å²) in [7, 11) is 3.38. The molecule has 1 aromatic carbocycles. The van der Waals surface area contributed by atoms with E-state index in [0.29, 0.717) is 5.75 Å². The third kappa shape index (κ3) is 6.61. The Morgan fingerprint density at radius 2 is 1.67 bits per heavy atom. The summed E-state index contributed by atoms with van der Waals surface area (Å²) in [5.41, 5.74) is 0. The summed E-state index contributed by atoms with van der Waals surface area (Å²) < 4.78 is 0. The molecule has 3 heteroatoms. The van der Waals surface area contributed by atoms with Crippen LogP contribution in [0.3, 0.4) is 0 Å². The van der Waals surface area contributed by atoms with Gasteiger partial charge >= 0.3 is 0 Å². The first kappa shape index (κ1) is 10.5. The Morgan fingerprint density at radius 3 is 1.83 bits per heavy atom. The Balaban J connectivity index is 0.000000217. The second kappa shape index (κ2) is 6.22. The molecule has 0 unspecified atom stereocenters. The number of hydrogen-bond donors (Lipinski definition) is 1. The Labute approximate surface area is 72.2 Å². The molecule has 0 aliphatic heterocycles. The van der Waals surface area contributed by atoms with Gasteiger partial charge in [-0.3, -0.25) is 4.79 Å². The minimum absolute atomic E-state index is 0.322. The minimum Gasteiger partial charge on any atom is -0.508 e. The molecule has 1 aromatic rings. The number of carbonyl (C=O) groups is 1. The second-order valence-corrected chi connectivity index (χ2v) is 2.40. The summed E-state index contributed by atoms with van der Waals surface area (Å²) in [5.74, 6) is 0.322. The predicted molar refractivity (Wildman–Crippen MR) is 47.9 cm³/mol. The molecule has 0 heterocycles. The fourth-order valence-corrected chi connectivity index (χ4v) is 0.428. The van der Waals surface area contributed by atoms with Crippen LogP contribution in [0.25, 0.3) is 0 Å². The fourth-order valence-electron chi connectivity index (χ4n) is 0.428. The van der Waals surface area contributed by atoms with E-state index in [4.69, 9.17) is 5.11 Å². The number of benzene rings is 1. The van der Waals surface area contributed by atoms with E-state index in [1.165, 1.54) is 4.90 Å². The first-order chi connectivity index (χ1) is 5.66. The second-order valence-electron chi connectivity index (χ2n) is 2.40. The van der Waals surface area contributed by atoms with Crippen LogP contribution in [-0.2, 0) is 4.79 Å². The number of aromatic hydroxyl groups is 1. The van der Waals surface area contributed by atoms with Crippen LogP contribution in [-0.4, -0.2) is 30.5 Å². The van der Waals surface area contributed by atoms with E-state index in [9.17, 15) is 4.79 Å². The molecule has 1 rings (SSSR count). The Bertz CT molecular complexity index is 209. The highest BCUT2D eigenvalue weighted by molar-refractivity contribution is 5.45. The lowest BCUT2D eigenvalue weighted by molar-refractivity contribution is -0.115. The molecule has 3 nitrogen and oxygen atoms in total. The number of carbonyl (C=O) groups excluding carboxylic acids is 1. The monoisotopic (exact) mass is 167 g/mol. The van der Waals surface area contributed by atoms with Crippen molar-refractivity contribution in [2.75, 3.05) is 14.1 Å². The summed E-state index contributed by atoms with van der Waals surface area (Å²) in [6.07, 6.45) is 0.750. The molecule has 0 aromatic heterocycles. The molecule has 0 fully saturated rings. The van der Waals surface area contributed by atoms with Crippen LogP contribution in [0.1, 0.15) is 0 Å². The summed E-state index contributed by atoms with van der Waals surface area (Å²) in [6.45, 7) is 0. The SMILES string of the molecule is CN(C)C=O.Oc1ccccc1. The van der Waals surface area contributed by atoms with Crippen molar-refractivity contribution in [2.24, 2.45) is 0 Å². The molecule has 1 N–H and O–H groups in total. The van der Waals surface area contributed by atoms with Gasteiger partial charge in [0.15, 0.2) is 0 Å². The Hall–Kier alpha value is -1.51. The fraction of sp³-hybridized carbons (Fsp3) is 0.222. The van der Waals surface area contributed by atoms with E-state index < -0.39 is 0 Å². The van der Waals surface area contributed by atoms with Gasteiger partial charge in [-0.25, -0.2) is 0 Å². The first-order valence-electron chi connectivity index (χ1n) is 3.52. The molecule has 0 aliphatic carbocycles. The van der Waals surface area contributed by atoms with E-state index in [2.05, 4.69) is 0 Å². The molecule has 1 amide bonds. The molecule has 0 spiro atoms. The van der Waals surface area contributed by atoms with Crippen LogP contribution in [0.4, 0.5) is 0 Å². The highest BCUT2D eigenvalue weighted by Gasteiger charge is 1.74. The standard InChI is InChI=1S/C6H6O.C3H7NO/c7-6-4-2-1-3-5-6;1-4(2)3-5/h1-5,7H;3H,1-2H3. The molecule has 0 saturated heterocycles. The number of hydrogen-bond acceptors (Lipinski definition) is 2. The number of para-hydroxylation sites is 1. The predicted octanol–water partition coefficient (Wildman–Crippen LogP) is 1.10. The van der Waals surface area contributed by atoms with Crippen LogP contribution in [0.15, 0.2) is 30.3 Å². The highest BCUT2D eigenvalue weighted by Crippen LogP contribution is 2.02. The van der Waals surface area contributed by atoms with Crippen molar-refractivity contribution in [1.82, 2.24) is 4.90 Å². The van der Waals surface area contributed by atoms with Gasteiger partial charge in [0.1, 0.15) is 5.75 Å². The zero-order valence-electron chi connectivity index (χ0n) is 7.27. The van der Waals surface area contributed by atoms with Crippen molar-refractivity contribution in [3.05, 3.63) is 30.3 Å². The van der Waals surface area contributed by atoms with E-state index in [1.807, 2.05) is 6.07 Å². The lowest BCUT2D eigenvalue weighted by Gasteiger charge is -1.93. The molecule has 66 valence electrons. The van der Waals surface area contributed by atoms with Gasteiger partial charge in [0.2, 0.25) is 6.41 Å². The van der Waals surface area contributed by atoms with Gasteiger partial charge in [-0.05, 0) is 12.1 Å². The third-order valence-corrected chi connectivity index (χ3v) is 0.967. The van der Waals surface area contributed by atoms with Gasteiger partial charge in [0.05, 0.1) is 0 Å². The van der Waals surface area contributed by atoms with Gasteiger partial charge in [0, 0.05) is 14.1 Å². The van der Waals surface area contributed by atoms with Gasteiger partial charge in [-0.15, -0.1) is 0 Å². The number of nitrogens with zero attached hydrogens (tertiary/aromatic N) is 1. The zero-order chi connectivity index (χ0) is 9.40. The van der Waals surface area contributed by atoms with Crippen molar-refractivity contribution < 1.29 is 9.90 Å². The van der Waals surface area contributed by atoms with Crippen molar-refractivity contribution >= 4 is 6.41 Å². The summed E-state index contributed by atoms with van der Waals surface area (Å²) in [4.78, 5) is 10.9. The first-order valence-corrected chi connectivity index (χ1v) is 3.52. The van der Waals surface area contributed by atoms with Crippen molar-refractivity contribution in [2.45, 2.75) is 0 Å². The Kier molecular flexibility index (Phi) is 5.43. The average molecular weight is 167 g/mol. The summed E-state index contributed by atoms with van der Waals surface area (Å²) >= 11 is 0. The van der Waals surface area contributed by atoms with Crippen LogP contribution in [0.2, 0.25) is 0 Å². The third-order valence-electron chi connectivity index (χ3n) is 0.967. The van der Waals surface area contributed by atoms with Crippen LogP contribution >= 0.6 is 0 Å². The van der Waals surface area contributed by atoms with Gasteiger partial charge < -0.3 is 10.0 Å². The number of phenolic OH excluding ortho intramolecular Hbond substituents is 1. The Morgan fingerprint density at radius 1 is 1.25 bits per heavy atom. The van der Waals surface area contributed by atoms with Gasteiger partial charge in [0.25, 0.3) is 0 Å². The highest BCUT2D eigenvalue weighted by atomic mass is 16.3. The van der Waals surface area contributed by atoms with E-state index in [0.717, 1.165) is 6.41 Å². The van der Waals surface area contributed by atoms with Crippen molar-refractivity contribution in [1.29, 1.82) is 0 Å². The normalized spacial score (nSPS) is 7.83. The number of phenols is 1. The van der Waals surface area contributed by atoms with Crippen LogP contribution in [0.5, 0.6) is 5.75 Å². The maximum absolute atomic E-state index is 9.43. The lowest BCUT2D eigenvalue weighted by atomic mass is 10.3. The van der Waals surface area contributed by atoms with E-state index in [-0.39, 0.29) is 0 Å². The minimum atomic E-state index is 0.322.